The van der Waals surface area contributed by atoms with Gasteiger partial charge in [-0.3, -0.25) is 14.4 Å². The Bertz CT molecular complexity index is 1070. The van der Waals surface area contributed by atoms with Crippen LogP contribution in [0.1, 0.15) is 52.5 Å². The topological polar surface area (TPSA) is 57.7 Å². The lowest BCUT2D eigenvalue weighted by atomic mass is 9.88. The number of piperidine rings is 1. The van der Waals surface area contributed by atoms with E-state index < -0.39 is 34.7 Å². The summed E-state index contributed by atoms with van der Waals surface area (Å²) < 4.78 is 41.0. The highest BCUT2D eigenvalue weighted by Gasteiger charge is 2.32. The van der Waals surface area contributed by atoms with Crippen LogP contribution in [-0.4, -0.2) is 42.1 Å². The van der Waals surface area contributed by atoms with Crippen molar-refractivity contribution < 1.29 is 27.6 Å². The highest BCUT2D eigenvalue weighted by Crippen LogP contribution is 2.31. The van der Waals surface area contributed by atoms with Crippen molar-refractivity contribution in [2.75, 3.05) is 24.5 Å². The molecule has 1 saturated heterocycles. The second kappa shape index (κ2) is 8.76. The molecular formula is C24H23F3N2O3. The van der Waals surface area contributed by atoms with Gasteiger partial charge in [-0.2, -0.15) is 0 Å². The molecule has 2 aliphatic heterocycles. The molecule has 2 aliphatic rings. The third-order valence-corrected chi connectivity index (χ3v) is 6.23. The Labute approximate surface area is 183 Å². The van der Waals surface area contributed by atoms with E-state index >= 15 is 0 Å². The number of carbonyl (C=O) groups is 3. The third-order valence-electron chi connectivity index (χ3n) is 6.23. The van der Waals surface area contributed by atoms with E-state index in [0.29, 0.717) is 37.1 Å². The van der Waals surface area contributed by atoms with Crippen molar-refractivity contribution in [1.82, 2.24) is 4.90 Å². The average molecular weight is 444 g/mol. The SMILES string of the molecule is CCC(=O)N1CCc2cc(C(=O)N3CCC(C(=O)c4c(F)cc(F)cc4F)CC3)ccc21. The molecule has 0 bridgehead atoms. The first-order valence-electron chi connectivity index (χ1n) is 10.7. The Hall–Kier alpha value is -3.16. The number of ketones is 1. The summed E-state index contributed by atoms with van der Waals surface area (Å²) in [6.45, 7) is 2.96. The van der Waals surface area contributed by atoms with Crippen molar-refractivity contribution in [2.24, 2.45) is 5.92 Å². The minimum absolute atomic E-state index is 0.0450. The Morgan fingerprint density at radius 3 is 2.25 bits per heavy atom. The lowest BCUT2D eigenvalue weighted by Crippen LogP contribution is -2.40. The Kier molecular flexibility index (Phi) is 6.04. The van der Waals surface area contributed by atoms with E-state index in [1.807, 2.05) is 6.92 Å². The molecule has 2 heterocycles. The van der Waals surface area contributed by atoms with Crippen molar-refractivity contribution >= 4 is 23.3 Å². The molecule has 4 rings (SSSR count). The zero-order chi connectivity index (χ0) is 23.0. The zero-order valence-electron chi connectivity index (χ0n) is 17.7. The van der Waals surface area contributed by atoms with E-state index in [1.165, 1.54) is 0 Å². The van der Waals surface area contributed by atoms with Crippen molar-refractivity contribution in [3.63, 3.8) is 0 Å². The molecule has 2 aromatic rings. The lowest BCUT2D eigenvalue weighted by Gasteiger charge is -2.31. The largest absolute Gasteiger partial charge is 0.339 e. The molecule has 5 nitrogen and oxygen atoms in total. The maximum atomic E-state index is 14.0. The minimum Gasteiger partial charge on any atom is -0.339 e. The van der Waals surface area contributed by atoms with E-state index in [4.69, 9.17) is 0 Å². The maximum absolute atomic E-state index is 14.0. The molecule has 2 aromatic carbocycles. The predicted octanol–water partition coefficient (Wildman–Crippen LogP) is 4.14. The van der Waals surface area contributed by atoms with Gasteiger partial charge in [-0.05, 0) is 43.0 Å². The van der Waals surface area contributed by atoms with Crippen LogP contribution in [0.15, 0.2) is 30.3 Å². The van der Waals surface area contributed by atoms with Gasteiger partial charge >= 0.3 is 0 Å². The van der Waals surface area contributed by atoms with Gasteiger partial charge in [0, 0.05) is 55.4 Å². The lowest BCUT2D eigenvalue weighted by molar-refractivity contribution is -0.118. The molecule has 0 N–H and O–H groups in total. The highest BCUT2D eigenvalue weighted by atomic mass is 19.1. The number of carbonyl (C=O) groups excluding carboxylic acids is 3. The molecular weight excluding hydrogens is 421 g/mol. The smallest absolute Gasteiger partial charge is 0.253 e. The number of rotatable bonds is 4. The van der Waals surface area contributed by atoms with Gasteiger partial charge < -0.3 is 9.80 Å². The number of halogens is 3. The first-order chi connectivity index (χ1) is 15.3. The maximum Gasteiger partial charge on any atom is 0.253 e. The Morgan fingerprint density at radius 2 is 1.62 bits per heavy atom. The van der Waals surface area contributed by atoms with Gasteiger partial charge in [-0.15, -0.1) is 0 Å². The fourth-order valence-electron chi connectivity index (χ4n) is 4.49. The van der Waals surface area contributed by atoms with Crippen LogP contribution in [0.3, 0.4) is 0 Å². The van der Waals surface area contributed by atoms with Crippen LogP contribution >= 0.6 is 0 Å². The molecule has 32 heavy (non-hydrogen) atoms. The molecule has 0 saturated carbocycles. The summed E-state index contributed by atoms with van der Waals surface area (Å²) in [6.07, 6.45) is 1.64. The number of Topliss-reactive ketones (excluding diaryl/α,β-unsaturated/α-hetero) is 1. The average Bonchev–Trinajstić information content (AvgIpc) is 3.20. The normalized spacial score (nSPS) is 16.2. The van der Waals surface area contributed by atoms with Crippen molar-refractivity contribution in [3.05, 3.63) is 64.5 Å². The van der Waals surface area contributed by atoms with E-state index in [9.17, 15) is 27.6 Å². The minimum atomic E-state index is -1.21. The first-order valence-corrected chi connectivity index (χ1v) is 10.7. The molecule has 168 valence electrons. The van der Waals surface area contributed by atoms with Gasteiger partial charge in [0.15, 0.2) is 5.78 Å². The van der Waals surface area contributed by atoms with Gasteiger partial charge in [-0.1, -0.05) is 6.92 Å². The van der Waals surface area contributed by atoms with E-state index in [0.717, 1.165) is 11.3 Å². The molecule has 0 atom stereocenters. The number of hydrogen-bond acceptors (Lipinski definition) is 3. The standard InChI is InChI=1S/C24H23F3N2O3/c1-2-21(30)29-10-7-15-11-16(3-4-20(15)29)24(32)28-8-5-14(6-9-28)23(31)22-18(26)12-17(25)13-19(22)27/h3-4,11-14H,2,5-10H2,1H3. The Morgan fingerprint density at radius 1 is 0.969 bits per heavy atom. The number of benzene rings is 2. The van der Waals surface area contributed by atoms with E-state index in [2.05, 4.69) is 0 Å². The molecule has 0 radical (unpaired) electrons. The number of anilines is 1. The molecule has 0 aromatic heterocycles. The van der Waals surface area contributed by atoms with Crippen LogP contribution in [0, 0.1) is 23.4 Å². The number of amides is 2. The quantitative estimate of drug-likeness (QED) is 0.666. The number of fused-ring (bicyclic) bond motifs is 1. The van der Waals surface area contributed by atoms with Crippen LogP contribution in [-0.2, 0) is 11.2 Å². The monoisotopic (exact) mass is 444 g/mol. The van der Waals surface area contributed by atoms with Gasteiger partial charge in [-0.25, -0.2) is 13.2 Å². The van der Waals surface area contributed by atoms with Crippen LogP contribution in [0.2, 0.25) is 0 Å². The second-order valence-corrected chi connectivity index (χ2v) is 8.17. The summed E-state index contributed by atoms with van der Waals surface area (Å²) in [4.78, 5) is 41.0. The van der Waals surface area contributed by atoms with E-state index in [-0.39, 0.29) is 37.7 Å². The summed E-state index contributed by atoms with van der Waals surface area (Å²) >= 11 is 0. The first kappa shape index (κ1) is 22.0. The molecule has 0 spiro atoms. The van der Waals surface area contributed by atoms with Crippen LogP contribution in [0.25, 0.3) is 0 Å². The van der Waals surface area contributed by atoms with Gasteiger partial charge in [0.2, 0.25) is 5.91 Å². The van der Waals surface area contributed by atoms with Crippen molar-refractivity contribution in [2.45, 2.75) is 32.6 Å². The molecule has 8 heteroatoms. The van der Waals surface area contributed by atoms with Crippen LogP contribution in [0.5, 0.6) is 0 Å². The fraction of sp³-hybridized carbons (Fsp3) is 0.375. The van der Waals surface area contributed by atoms with Crippen LogP contribution < -0.4 is 4.90 Å². The van der Waals surface area contributed by atoms with Crippen molar-refractivity contribution in [3.8, 4) is 0 Å². The van der Waals surface area contributed by atoms with Crippen LogP contribution in [0.4, 0.5) is 18.9 Å². The molecule has 0 unspecified atom stereocenters. The molecule has 1 fully saturated rings. The molecule has 0 aliphatic carbocycles. The Balaban J connectivity index is 1.42. The van der Waals surface area contributed by atoms with Crippen molar-refractivity contribution in [1.29, 1.82) is 0 Å². The fourth-order valence-corrected chi connectivity index (χ4v) is 4.49. The van der Waals surface area contributed by atoms with Gasteiger partial charge in [0.1, 0.15) is 17.5 Å². The second-order valence-electron chi connectivity index (χ2n) is 8.17. The number of nitrogens with zero attached hydrogens (tertiary/aromatic N) is 2. The van der Waals surface area contributed by atoms with Gasteiger partial charge in [0.25, 0.3) is 5.91 Å². The summed E-state index contributed by atoms with van der Waals surface area (Å²) in [5.41, 5.74) is 1.57. The summed E-state index contributed by atoms with van der Waals surface area (Å²) in [6, 6.07) is 6.29. The number of likely N-dealkylation sites (tertiary alicyclic amines) is 1. The van der Waals surface area contributed by atoms with Gasteiger partial charge in [0.05, 0.1) is 5.56 Å². The predicted molar refractivity (Wildman–Crippen MR) is 112 cm³/mol. The molecule has 2 amide bonds. The third kappa shape index (κ3) is 4.01. The highest BCUT2D eigenvalue weighted by molar-refractivity contribution is 6.00. The number of hydrogen-bond donors (Lipinski definition) is 0. The zero-order valence-corrected chi connectivity index (χ0v) is 17.7. The van der Waals surface area contributed by atoms with E-state index in [1.54, 1.807) is 28.0 Å². The summed E-state index contributed by atoms with van der Waals surface area (Å²) in [5, 5.41) is 0. The summed E-state index contributed by atoms with van der Waals surface area (Å²) in [5.74, 6) is -4.97. The summed E-state index contributed by atoms with van der Waals surface area (Å²) in [7, 11) is 0.